The highest BCUT2D eigenvalue weighted by molar-refractivity contribution is 7.89. The first-order valence-electron chi connectivity index (χ1n) is 7.48. The number of nitrogens with two attached hydrogens (primary N) is 1. The zero-order valence-corrected chi connectivity index (χ0v) is 15.1. The standard InChI is InChI=1S/C15H20N4O5S/c1-8(2)14-18-19-15(24-14)9(3)17-13(20)11-7-10(25(16,21)22)5-6-12(11)23-4/h5-9H,1-4H3,(H,17,20)(H2,16,21,22)/t9-/m0/s1. The normalized spacial score (nSPS) is 12.9. The van der Waals surface area contributed by atoms with Crippen molar-refractivity contribution in [3.05, 3.63) is 35.5 Å². The molecule has 1 amide bonds. The number of amides is 1. The SMILES string of the molecule is COc1ccc(S(N)(=O)=O)cc1C(=O)N[C@@H](C)c1nnc(C(C)C)o1. The molecular formula is C15H20N4O5S. The molecule has 1 heterocycles. The van der Waals surface area contributed by atoms with E-state index in [4.69, 9.17) is 14.3 Å². The Morgan fingerprint density at radius 3 is 2.40 bits per heavy atom. The second-order valence-corrected chi connectivity index (χ2v) is 7.30. The second-order valence-electron chi connectivity index (χ2n) is 5.74. The number of ether oxygens (including phenoxy) is 1. The van der Waals surface area contributed by atoms with Gasteiger partial charge in [-0.15, -0.1) is 10.2 Å². The van der Waals surface area contributed by atoms with Gasteiger partial charge in [-0.2, -0.15) is 0 Å². The van der Waals surface area contributed by atoms with Crippen molar-refractivity contribution >= 4 is 15.9 Å². The molecule has 0 saturated heterocycles. The van der Waals surface area contributed by atoms with Crippen molar-refractivity contribution in [2.45, 2.75) is 37.6 Å². The number of hydrogen-bond acceptors (Lipinski definition) is 7. The van der Waals surface area contributed by atoms with Crippen molar-refractivity contribution in [2.75, 3.05) is 7.11 Å². The van der Waals surface area contributed by atoms with Crippen molar-refractivity contribution in [2.24, 2.45) is 5.14 Å². The van der Waals surface area contributed by atoms with Gasteiger partial charge in [0.15, 0.2) is 0 Å². The fourth-order valence-corrected chi connectivity index (χ4v) is 2.57. The Kier molecular flexibility index (Phi) is 5.43. The smallest absolute Gasteiger partial charge is 0.255 e. The van der Waals surface area contributed by atoms with Crippen LogP contribution in [0.4, 0.5) is 0 Å². The third-order valence-corrected chi connectivity index (χ3v) is 4.32. The van der Waals surface area contributed by atoms with Crippen LogP contribution in [0.25, 0.3) is 0 Å². The molecule has 0 spiro atoms. The van der Waals surface area contributed by atoms with Gasteiger partial charge in [0, 0.05) is 5.92 Å². The Balaban J connectivity index is 2.27. The van der Waals surface area contributed by atoms with E-state index in [1.165, 1.54) is 19.2 Å². The zero-order valence-electron chi connectivity index (χ0n) is 14.3. The molecule has 1 atom stereocenters. The minimum absolute atomic E-state index is 0.0319. The van der Waals surface area contributed by atoms with E-state index in [2.05, 4.69) is 15.5 Å². The Labute approximate surface area is 145 Å². The average Bonchev–Trinajstić information content (AvgIpc) is 3.03. The van der Waals surface area contributed by atoms with Crippen LogP contribution in [0.15, 0.2) is 27.5 Å². The maximum Gasteiger partial charge on any atom is 0.255 e. The number of nitrogens with zero attached hydrogens (tertiary/aromatic N) is 2. The summed E-state index contributed by atoms with van der Waals surface area (Å²) in [6.07, 6.45) is 0. The van der Waals surface area contributed by atoms with Gasteiger partial charge in [0.1, 0.15) is 11.8 Å². The summed E-state index contributed by atoms with van der Waals surface area (Å²) in [4.78, 5) is 12.3. The average molecular weight is 368 g/mol. The van der Waals surface area contributed by atoms with Crippen LogP contribution in [0.1, 0.15) is 54.9 Å². The number of rotatable bonds is 6. The molecule has 10 heteroatoms. The predicted molar refractivity (Wildman–Crippen MR) is 88.6 cm³/mol. The van der Waals surface area contributed by atoms with E-state index in [-0.39, 0.29) is 28.0 Å². The fraction of sp³-hybridized carbons (Fsp3) is 0.400. The molecule has 2 aromatic rings. The van der Waals surface area contributed by atoms with Crippen LogP contribution in [0.2, 0.25) is 0 Å². The Morgan fingerprint density at radius 1 is 1.24 bits per heavy atom. The number of aromatic nitrogens is 2. The van der Waals surface area contributed by atoms with Crippen molar-refractivity contribution in [3.63, 3.8) is 0 Å². The Morgan fingerprint density at radius 2 is 1.88 bits per heavy atom. The van der Waals surface area contributed by atoms with Crippen LogP contribution in [0.5, 0.6) is 5.75 Å². The number of benzene rings is 1. The fourth-order valence-electron chi connectivity index (χ4n) is 2.03. The molecule has 136 valence electrons. The van der Waals surface area contributed by atoms with Gasteiger partial charge in [0.05, 0.1) is 17.6 Å². The van der Waals surface area contributed by atoms with E-state index in [0.717, 1.165) is 6.07 Å². The lowest BCUT2D eigenvalue weighted by Gasteiger charge is -2.13. The third kappa shape index (κ3) is 4.34. The topological polar surface area (TPSA) is 137 Å². The summed E-state index contributed by atoms with van der Waals surface area (Å²) < 4.78 is 33.6. The first-order valence-corrected chi connectivity index (χ1v) is 9.03. The van der Waals surface area contributed by atoms with Gasteiger partial charge in [0.2, 0.25) is 21.8 Å². The van der Waals surface area contributed by atoms with Gasteiger partial charge in [-0.25, -0.2) is 13.6 Å². The van der Waals surface area contributed by atoms with Crippen molar-refractivity contribution in [1.29, 1.82) is 0 Å². The highest BCUT2D eigenvalue weighted by atomic mass is 32.2. The lowest BCUT2D eigenvalue weighted by Crippen LogP contribution is -2.27. The molecule has 1 aromatic carbocycles. The number of carbonyl (C=O) groups excluding carboxylic acids is 1. The molecule has 1 aromatic heterocycles. The molecule has 0 aliphatic heterocycles. The molecule has 0 aliphatic carbocycles. The van der Waals surface area contributed by atoms with Crippen molar-refractivity contribution < 1.29 is 22.4 Å². The number of carbonyl (C=O) groups is 1. The van der Waals surface area contributed by atoms with Crippen LogP contribution in [0, 0.1) is 0 Å². The summed E-state index contributed by atoms with van der Waals surface area (Å²) >= 11 is 0. The van der Waals surface area contributed by atoms with E-state index in [1.54, 1.807) is 6.92 Å². The lowest BCUT2D eigenvalue weighted by atomic mass is 10.1. The highest BCUT2D eigenvalue weighted by Crippen LogP contribution is 2.23. The lowest BCUT2D eigenvalue weighted by molar-refractivity contribution is 0.0930. The summed E-state index contributed by atoms with van der Waals surface area (Å²) in [5.41, 5.74) is 0.0319. The number of primary sulfonamides is 1. The first kappa shape index (κ1) is 18.9. The molecule has 0 fully saturated rings. The largest absolute Gasteiger partial charge is 0.496 e. The minimum Gasteiger partial charge on any atom is -0.496 e. The van der Waals surface area contributed by atoms with E-state index in [1.807, 2.05) is 13.8 Å². The van der Waals surface area contributed by atoms with E-state index >= 15 is 0 Å². The first-order chi connectivity index (χ1) is 11.6. The summed E-state index contributed by atoms with van der Waals surface area (Å²) in [6, 6.07) is 3.21. The number of hydrogen-bond donors (Lipinski definition) is 2. The molecule has 9 nitrogen and oxygen atoms in total. The zero-order chi connectivity index (χ0) is 18.8. The Bertz CT molecular complexity index is 876. The quantitative estimate of drug-likeness (QED) is 0.784. The van der Waals surface area contributed by atoms with Crippen LogP contribution >= 0.6 is 0 Å². The molecule has 0 unspecified atom stereocenters. The van der Waals surface area contributed by atoms with Gasteiger partial charge >= 0.3 is 0 Å². The van der Waals surface area contributed by atoms with Crippen molar-refractivity contribution in [1.82, 2.24) is 15.5 Å². The monoisotopic (exact) mass is 368 g/mol. The number of sulfonamides is 1. The summed E-state index contributed by atoms with van der Waals surface area (Å²) in [5.74, 6) is 0.434. The maximum atomic E-state index is 12.5. The minimum atomic E-state index is -3.95. The second kappa shape index (κ2) is 7.19. The molecule has 2 rings (SSSR count). The summed E-state index contributed by atoms with van der Waals surface area (Å²) in [5, 5.41) is 15.6. The van der Waals surface area contributed by atoms with Crippen LogP contribution in [-0.4, -0.2) is 31.6 Å². The van der Waals surface area contributed by atoms with Crippen molar-refractivity contribution in [3.8, 4) is 5.75 Å². The number of nitrogens with one attached hydrogen (secondary N) is 1. The van der Waals surface area contributed by atoms with E-state index in [9.17, 15) is 13.2 Å². The van der Waals surface area contributed by atoms with Gasteiger partial charge in [-0.05, 0) is 25.1 Å². The van der Waals surface area contributed by atoms with E-state index in [0.29, 0.717) is 5.89 Å². The van der Waals surface area contributed by atoms with Crippen LogP contribution < -0.4 is 15.2 Å². The Hall–Kier alpha value is -2.46. The summed E-state index contributed by atoms with van der Waals surface area (Å²) in [6.45, 7) is 5.49. The molecule has 0 aliphatic rings. The molecular weight excluding hydrogens is 348 g/mol. The van der Waals surface area contributed by atoms with Gasteiger partial charge in [-0.1, -0.05) is 13.8 Å². The third-order valence-electron chi connectivity index (χ3n) is 3.41. The molecule has 25 heavy (non-hydrogen) atoms. The van der Waals surface area contributed by atoms with Gasteiger partial charge in [-0.3, -0.25) is 4.79 Å². The van der Waals surface area contributed by atoms with Gasteiger partial charge in [0.25, 0.3) is 5.91 Å². The number of methoxy groups -OCH3 is 1. The molecule has 0 radical (unpaired) electrons. The van der Waals surface area contributed by atoms with E-state index < -0.39 is 22.0 Å². The highest BCUT2D eigenvalue weighted by Gasteiger charge is 2.22. The van der Waals surface area contributed by atoms with Crippen LogP contribution in [0.3, 0.4) is 0 Å². The maximum absolute atomic E-state index is 12.5. The molecule has 0 bridgehead atoms. The van der Waals surface area contributed by atoms with Crippen LogP contribution in [-0.2, 0) is 10.0 Å². The molecule has 3 N–H and O–H groups in total. The summed E-state index contributed by atoms with van der Waals surface area (Å²) in [7, 11) is -2.57. The predicted octanol–water partition coefficient (Wildman–Crippen LogP) is 1.34. The van der Waals surface area contributed by atoms with Gasteiger partial charge < -0.3 is 14.5 Å². The molecule has 0 saturated carbocycles.